The summed E-state index contributed by atoms with van der Waals surface area (Å²) in [5.74, 6) is -0.946. The maximum Gasteiger partial charge on any atom is 0.338 e. The molecular weight excluding hydrogens is 404 g/mol. The summed E-state index contributed by atoms with van der Waals surface area (Å²) in [6.07, 6.45) is 0.136. The predicted octanol–water partition coefficient (Wildman–Crippen LogP) is 4.45. The van der Waals surface area contributed by atoms with Gasteiger partial charge in [0.2, 0.25) is 11.8 Å². The molecule has 158 valence electrons. The number of aryl methyl sites for hydroxylation is 1. The van der Waals surface area contributed by atoms with Crippen LogP contribution in [-0.4, -0.2) is 30.9 Å². The topological polar surface area (TPSA) is 75.7 Å². The van der Waals surface area contributed by atoms with Gasteiger partial charge in [-0.25, -0.2) is 4.79 Å². The second kappa shape index (κ2) is 9.30. The standard InChI is InChI=1S/C23H25ClN2O4/c1-14(2)13-30-23(29)16-5-7-18(8-6-16)25-22(28)17-10-21(27)26(12-17)19-9-4-15(3)20(24)11-19/h4-9,11,14,17H,10,12-13H2,1-3H3,(H,25,28)/t17-/m1/s1. The molecule has 0 aromatic heterocycles. The van der Waals surface area contributed by atoms with Crippen molar-refractivity contribution in [1.82, 2.24) is 0 Å². The van der Waals surface area contributed by atoms with Crippen LogP contribution in [-0.2, 0) is 14.3 Å². The van der Waals surface area contributed by atoms with E-state index in [0.29, 0.717) is 35.1 Å². The second-order valence-electron chi connectivity index (χ2n) is 7.90. The lowest BCUT2D eigenvalue weighted by molar-refractivity contribution is -0.122. The molecule has 1 heterocycles. The smallest absolute Gasteiger partial charge is 0.338 e. The summed E-state index contributed by atoms with van der Waals surface area (Å²) in [7, 11) is 0. The first-order chi connectivity index (χ1) is 14.2. The van der Waals surface area contributed by atoms with Crippen LogP contribution in [0.25, 0.3) is 0 Å². The minimum absolute atomic E-state index is 0.113. The summed E-state index contributed by atoms with van der Waals surface area (Å²) >= 11 is 6.17. The Hall–Kier alpha value is -2.86. The van der Waals surface area contributed by atoms with Gasteiger partial charge in [-0.3, -0.25) is 9.59 Å². The molecule has 1 aliphatic heterocycles. The third kappa shape index (κ3) is 5.19. The lowest BCUT2D eigenvalue weighted by Gasteiger charge is -2.17. The molecule has 0 radical (unpaired) electrons. The van der Waals surface area contributed by atoms with Gasteiger partial charge in [-0.15, -0.1) is 0 Å². The number of nitrogens with one attached hydrogen (secondary N) is 1. The third-order valence-corrected chi connectivity index (χ3v) is 5.31. The number of nitrogens with zero attached hydrogens (tertiary/aromatic N) is 1. The lowest BCUT2D eigenvalue weighted by atomic mass is 10.1. The largest absolute Gasteiger partial charge is 0.462 e. The number of anilines is 2. The van der Waals surface area contributed by atoms with Crippen LogP contribution in [0.2, 0.25) is 5.02 Å². The van der Waals surface area contributed by atoms with Crippen molar-refractivity contribution in [3.8, 4) is 0 Å². The van der Waals surface area contributed by atoms with Gasteiger partial charge in [-0.2, -0.15) is 0 Å². The van der Waals surface area contributed by atoms with Crippen LogP contribution >= 0.6 is 11.6 Å². The quantitative estimate of drug-likeness (QED) is 0.689. The number of hydrogen-bond acceptors (Lipinski definition) is 4. The molecule has 0 bridgehead atoms. The van der Waals surface area contributed by atoms with Crippen LogP contribution in [0, 0.1) is 18.8 Å². The van der Waals surface area contributed by atoms with E-state index in [1.54, 1.807) is 35.2 Å². The Labute approximate surface area is 181 Å². The minimum atomic E-state index is -0.465. The van der Waals surface area contributed by atoms with Gasteiger partial charge in [-0.05, 0) is 54.8 Å². The van der Waals surface area contributed by atoms with Crippen molar-refractivity contribution in [2.75, 3.05) is 23.4 Å². The molecule has 0 aliphatic carbocycles. The van der Waals surface area contributed by atoms with E-state index in [-0.39, 0.29) is 24.2 Å². The zero-order valence-corrected chi connectivity index (χ0v) is 18.0. The molecule has 1 fully saturated rings. The maximum absolute atomic E-state index is 12.6. The van der Waals surface area contributed by atoms with Gasteiger partial charge < -0.3 is 15.0 Å². The van der Waals surface area contributed by atoms with Crippen molar-refractivity contribution in [3.63, 3.8) is 0 Å². The van der Waals surface area contributed by atoms with Gasteiger partial charge in [-0.1, -0.05) is 31.5 Å². The fraction of sp³-hybridized carbons (Fsp3) is 0.348. The van der Waals surface area contributed by atoms with Crippen LogP contribution < -0.4 is 10.2 Å². The van der Waals surface area contributed by atoms with E-state index >= 15 is 0 Å². The van der Waals surface area contributed by atoms with Crippen LogP contribution in [0.3, 0.4) is 0 Å². The zero-order valence-electron chi connectivity index (χ0n) is 17.3. The van der Waals surface area contributed by atoms with Crippen molar-refractivity contribution < 1.29 is 19.1 Å². The Morgan fingerprint density at radius 2 is 1.90 bits per heavy atom. The van der Waals surface area contributed by atoms with Crippen LogP contribution in [0.15, 0.2) is 42.5 Å². The van der Waals surface area contributed by atoms with Crippen LogP contribution in [0.1, 0.15) is 36.2 Å². The first-order valence-electron chi connectivity index (χ1n) is 9.89. The van der Waals surface area contributed by atoms with Crippen LogP contribution in [0.5, 0.6) is 0 Å². The number of hydrogen-bond donors (Lipinski definition) is 1. The Morgan fingerprint density at radius 3 is 2.53 bits per heavy atom. The Balaban J connectivity index is 1.60. The highest BCUT2D eigenvalue weighted by molar-refractivity contribution is 6.31. The first-order valence-corrected chi connectivity index (χ1v) is 10.3. The lowest BCUT2D eigenvalue weighted by Crippen LogP contribution is -2.28. The van der Waals surface area contributed by atoms with Crippen LogP contribution in [0.4, 0.5) is 11.4 Å². The molecule has 0 saturated carbocycles. The Kier molecular flexibility index (Phi) is 6.77. The number of carbonyl (C=O) groups excluding carboxylic acids is 3. The molecular formula is C23H25ClN2O4. The number of amides is 2. The van der Waals surface area contributed by atoms with E-state index in [4.69, 9.17) is 16.3 Å². The maximum atomic E-state index is 12.6. The monoisotopic (exact) mass is 428 g/mol. The molecule has 3 rings (SSSR count). The van der Waals surface area contributed by atoms with E-state index in [2.05, 4.69) is 5.32 Å². The summed E-state index contributed by atoms with van der Waals surface area (Å²) in [5, 5.41) is 3.40. The summed E-state index contributed by atoms with van der Waals surface area (Å²) in [6, 6.07) is 11.9. The predicted molar refractivity (Wildman–Crippen MR) is 117 cm³/mol. The van der Waals surface area contributed by atoms with E-state index in [0.717, 1.165) is 5.56 Å². The second-order valence-corrected chi connectivity index (χ2v) is 8.30. The molecule has 0 spiro atoms. The van der Waals surface area contributed by atoms with Gasteiger partial charge in [0, 0.05) is 29.4 Å². The molecule has 2 aromatic carbocycles. The van der Waals surface area contributed by atoms with E-state index in [9.17, 15) is 14.4 Å². The molecule has 6 nitrogen and oxygen atoms in total. The number of halogens is 1. The summed E-state index contributed by atoms with van der Waals surface area (Å²) in [4.78, 5) is 38.6. The SMILES string of the molecule is Cc1ccc(N2C[C@H](C(=O)Nc3ccc(C(=O)OCC(C)C)cc3)CC2=O)cc1Cl. The highest BCUT2D eigenvalue weighted by Crippen LogP contribution is 2.29. The van der Waals surface area contributed by atoms with Gasteiger partial charge in [0.1, 0.15) is 0 Å². The molecule has 1 atom stereocenters. The molecule has 1 N–H and O–H groups in total. The van der Waals surface area contributed by atoms with Gasteiger partial charge in [0.25, 0.3) is 0 Å². The van der Waals surface area contributed by atoms with E-state index < -0.39 is 11.9 Å². The van der Waals surface area contributed by atoms with Crippen molar-refractivity contribution in [2.45, 2.75) is 27.2 Å². The highest BCUT2D eigenvalue weighted by atomic mass is 35.5. The number of rotatable bonds is 6. The average Bonchev–Trinajstić information content (AvgIpc) is 3.10. The molecule has 0 unspecified atom stereocenters. The molecule has 2 aromatic rings. The summed E-state index contributed by atoms with van der Waals surface area (Å²) in [5.41, 5.74) is 2.60. The molecule has 30 heavy (non-hydrogen) atoms. The molecule has 1 aliphatic rings. The normalized spacial score (nSPS) is 16.1. The Bertz CT molecular complexity index is 956. The van der Waals surface area contributed by atoms with Gasteiger partial charge in [0.05, 0.1) is 18.1 Å². The average molecular weight is 429 g/mol. The van der Waals surface area contributed by atoms with Gasteiger partial charge in [0.15, 0.2) is 0 Å². The molecule has 7 heteroatoms. The number of carbonyl (C=O) groups is 3. The fourth-order valence-corrected chi connectivity index (χ4v) is 3.32. The molecule has 2 amide bonds. The van der Waals surface area contributed by atoms with Crippen molar-refractivity contribution in [3.05, 3.63) is 58.6 Å². The summed E-state index contributed by atoms with van der Waals surface area (Å²) < 4.78 is 5.19. The number of esters is 1. The highest BCUT2D eigenvalue weighted by Gasteiger charge is 2.35. The molecule has 1 saturated heterocycles. The number of ether oxygens (including phenoxy) is 1. The van der Waals surface area contributed by atoms with E-state index in [1.807, 2.05) is 32.9 Å². The zero-order chi connectivity index (χ0) is 21.8. The fourth-order valence-electron chi connectivity index (χ4n) is 3.14. The number of benzene rings is 2. The minimum Gasteiger partial charge on any atom is -0.462 e. The van der Waals surface area contributed by atoms with Gasteiger partial charge >= 0.3 is 5.97 Å². The van der Waals surface area contributed by atoms with Crippen molar-refractivity contribution >= 4 is 40.8 Å². The van der Waals surface area contributed by atoms with Crippen molar-refractivity contribution in [1.29, 1.82) is 0 Å². The first kappa shape index (κ1) is 21.8. The Morgan fingerprint density at radius 1 is 1.20 bits per heavy atom. The third-order valence-electron chi connectivity index (χ3n) is 4.90. The van der Waals surface area contributed by atoms with Crippen molar-refractivity contribution in [2.24, 2.45) is 11.8 Å². The summed E-state index contributed by atoms with van der Waals surface area (Å²) in [6.45, 7) is 6.48. The van der Waals surface area contributed by atoms with E-state index in [1.165, 1.54) is 0 Å².